The molecule has 124 valence electrons. The second-order valence-corrected chi connectivity index (χ2v) is 5.57. The predicted molar refractivity (Wildman–Crippen MR) is 82.5 cm³/mol. The number of hydrogen-bond donors (Lipinski definition) is 4. The minimum absolute atomic E-state index is 0.0765. The number of benzene rings is 2. The first kappa shape index (κ1) is 15.8. The first-order valence-corrected chi connectivity index (χ1v) is 7.21. The van der Waals surface area contributed by atoms with Crippen LogP contribution in [0.15, 0.2) is 42.5 Å². The van der Waals surface area contributed by atoms with Crippen molar-refractivity contribution in [3.8, 4) is 11.5 Å². The van der Waals surface area contributed by atoms with Crippen molar-refractivity contribution in [2.45, 2.75) is 18.7 Å². The van der Waals surface area contributed by atoms with Crippen LogP contribution < -0.4 is 0 Å². The molecule has 1 amide bonds. The van der Waals surface area contributed by atoms with Gasteiger partial charge in [-0.25, -0.2) is 4.79 Å². The van der Waals surface area contributed by atoms with Gasteiger partial charge >= 0.3 is 5.97 Å². The van der Waals surface area contributed by atoms with Crippen LogP contribution in [0.5, 0.6) is 11.5 Å². The number of amides is 1. The smallest absolute Gasteiger partial charge is 0.329 e. The lowest BCUT2D eigenvalue weighted by atomic mass is 10.0. The highest BCUT2D eigenvalue weighted by Gasteiger charge is 2.41. The third-order valence-corrected chi connectivity index (χ3v) is 4.08. The molecule has 7 heteroatoms. The Morgan fingerprint density at radius 3 is 2.42 bits per heavy atom. The van der Waals surface area contributed by atoms with E-state index in [2.05, 4.69) is 0 Å². The number of phenolic OH excluding ortho intramolecular Hbond substituents is 2. The van der Waals surface area contributed by atoms with E-state index >= 15 is 0 Å². The van der Waals surface area contributed by atoms with Crippen LogP contribution >= 0.6 is 0 Å². The molecule has 1 aliphatic rings. The summed E-state index contributed by atoms with van der Waals surface area (Å²) in [5, 5.41) is 38.8. The van der Waals surface area contributed by atoms with Gasteiger partial charge in [-0.3, -0.25) is 4.79 Å². The van der Waals surface area contributed by atoms with Gasteiger partial charge in [0.05, 0.1) is 0 Å². The van der Waals surface area contributed by atoms with Gasteiger partial charge in [-0.1, -0.05) is 24.3 Å². The predicted octanol–water partition coefficient (Wildman–Crippen LogP) is 1.24. The molecule has 0 fully saturated rings. The minimum atomic E-state index is -1.56. The summed E-state index contributed by atoms with van der Waals surface area (Å²) in [7, 11) is 0. The molecule has 3 rings (SSSR count). The van der Waals surface area contributed by atoms with E-state index < -0.39 is 29.8 Å². The van der Waals surface area contributed by atoms with E-state index in [1.54, 1.807) is 24.3 Å². The second-order valence-electron chi connectivity index (χ2n) is 5.57. The zero-order valence-corrected chi connectivity index (χ0v) is 12.5. The molecule has 24 heavy (non-hydrogen) atoms. The molecule has 0 aliphatic carbocycles. The molecule has 7 nitrogen and oxygen atoms in total. The van der Waals surface area contributed by atoms with Gasteiger partial charge in [0.15, 0.2) is 17.5 Å². The number of nitrogens with zero attached hydrogens (tertiary/aromatic N) is 1. The number of carboxylic acids is 1. The van der Waals surface area contributed by atoms with Crippen molar-refractivity contribution >= 4 is 11.9 Å². The summed E-state index contributed by atoms with van der Waals surface area (Å²) in [4.78, 5) is 25.2. The number of aromatic hydroxyl groups is 2. The molecule has 0 bridgehead atoms. The fourth-order valence-electron chi connectivity index (χ4n) is 2.85. The molecule has 1 heterocycles. The number of carbonyl (C=O) groups is 2. The molecule has 2 aromatic carbocycles. The molecule has 0 unspecified atom stereocenters. The summed E-state index contributed by atoms with van der Waals surface area (Å²) in [5.41, 5.74) is 1.18. The topological polar surface area (TPSA) is 118 Å². The Bertz CT molecular complexity index is 818. The Labute approximate surface area is 137 Å². The summed E-state index contributed by atoms with van der Waals surface area (Å²) in [5.74, 6) is -2.70. The van der Waals surface area contributed by atoms with Gasteiger partial charge in [0.1, 0.15) is 6.10 Å². The van der Waals surface area contributed by atoms with Crippen LogP contribution in [0, 0.1) is 0 Å². The van der Waals surface area contributed by atoms with E-state index in [4.69, 9.17) is 0 Å². The third-order valence-electron chi connectivity index (χ3n) is 4.08. The van der Waals surface area contributed by atoms with Crippen molar-refractivity contribution < 1.29 is 30.0 Å². The maximum atomic E-state index is 12.5. The number of phenols is 2. The van der Waals surface area contributed by atoms with Crippen LogP contribution in [0.25, 0.3) is 0 Å². The molecule has 0 aromatic heterocycles. The molecule has 2 aromatic rings. The zero-order chi connectivity index (χ0) is 17.4. The number of carbonyl (C=O) groups excluding carboxylic acids is 1. The summed E-state index contributed by atoms with van der Waals surface area (Å²) in [6.07, 6.45) is -1.56. The van der Waals surface area contributed by atoms with Gasteiger partial charge in [-0.2, -0.15) is 0 Å². The van der Waals surface area contributed by atoms with Crippen LogP contribution in [0.2, 0.25) is 0 Å². The summed E-state index contributed by atoms with van der Waals surface area (Å²) in [6, 6.07) is 8.76. The molecule has 0 saturated heterocycles. The molecule has 0 spiro atoms. The largest absolute Gasteiger partial charge is 0.504 e. The van der Waals surface area contributed by atoms with Gasteiger partial charge in [0.25, 0.3) is 5.91 Å². The number of carboxylic acid groups (broad SMARTS) is 1. The quantitative estimate of drug-likeness (QED) is 0.627. The van der Waals surface area contributed by atoms with Crippen LogP contribution in [-0.4, -0.2) is 43.2 Å². The highest BCUT2D eigenvalue weighted by atomic mass is 16.4. The molecule has 0 radical (unpaired) electrons. The van der Waals surface area contributed by atoms with Gasteiger partial charge in [-0.15, -0.1) is 0 Å². The molecular weight excluding hydrogens is 314 g/mol. The van der Waals surface area contributed by atoms with Crippen molar-refractivity contribution in [2.75, 3.05) is 0 Å². The normalized spacial score (nSPS) is 15.9. The average Bonchev–Trinajstić information content (AvgIpc) is 2.87. The fourth-order valence-corrected chi connectivity index (χ4v) is 2.85. The molecule has 4 N–H and O–H groups in total. The van der Waals surface area contributed by atoms with E-state index in [0.717, 1.165) is 17.0 Å². The van der Waals surface area contributed by atoms with Gasteiger partial charge in [0.2, 0.25) is 0 Å². The SMILES string of the molecule is O=C(O)[C@H]([C@H](O)c1ccc(O)c(O)c1)N1Cc2ccccc2C1=O. The zero-order valence-electron chi connectivity index (χ0n) is 12.5. The van der Waals surface area contributed by atoms with Crippen molar-refractivity contribution in [2.24, 2.45) is 0 Å². The number of hydrogen-bond acceptors (Lipinski definition) is 5. The summed E-state index contributed by atoms with van der Waals surface area (Å²) < 4.78 is 0. The number of aliphatic carboxylic acids is 1. The highest BCUT2D eigenvalue weighted by Crippen LogP contribution is 2.33. The van der Waals surface area contributed by atoms with E-state index in [0.29, 0.717) is 11.1 Å². The van der Waals surface area contributed by atoms with E-state index in [1.165, 1.54) is 6.07 Å². The number of fused-ring (bicyclic) bond motifs is 1. The second kappa shape index (κ2) is 5.86. The lowest BCUT2D eigenvalue weighted by Gasteiger charge is -2.28. The Morgan fingerprint density at radius 1 is 1.08 bits per heavy atom. The van der Waals surface area contributed by atoms with E-state index in [1.807, 2.05) is 0 Å². The fraction of sp³-hybridized carbons (Fsp3) is 0.176. The molecular formula is C17H15NO6. The Morgan fingerprint density at radius 2 is 1.79 bits per heavy atom. The third kappa shape index (κ3) is 2.55. The van der Waals surface area contributed by atoms with Crippen molar-refractivity contribution in [1.29, 1.82) is 0 Å². The molecule has 1 aliphatic heterocycles. The van der Waals surface area contributed by atoms with Crippen LogP contribution in [0.4, 0.5) is 0 Å². The van der Waals surface area contributed by atoms with Crippen LogP contribution in [-0.2, 0) is 11.3 Å². The Balaban J connectivity index is 1.95. The Hall–Kier alpha value is -3.06. The first-order chi connectivity index (χ1) is 11.4. The maximum absolute atomic E-state index is 12.5. The lowest BCUT2D eigenvalue weighted by molar-refractivity contribution is -0.146. The van der Waals surface area contributed by atoms with Crippen molar-refractivity contribution in [1.82, 2.24) is 4.90 Å². The molecule has 2 atom stereocenters. The highest BCUT2D eigenvalue weighted by molar-refractivity contribution is 6.00. The van der Waals surface area contributed by atoms with Gasteiger partial charge in [-0.05, 0) is 29.3 Å². The summed E-state index contributed by atoms with van der Waals surface area (Å²) in [6.45, 7) is 0.0765. The first-order valence-electron chi connectivity index (χ1n) is 7.21. The Kier molecular flexibility index (Phi) is 3.86. The van der Waals surface area contributed by atoms with Gasteiger partial charge < -0.3 is 25.3 Å². The average molecular weight is 329 g/mol. The minimum Gasteiger partial charge on any atom is -0.504 e. The number of aliphatic hydroxyl groups excluding tert-OH is 1. The number of aliphatic hydroxyl groups is 1. The van der Waals surface area contributed by atoms with Gasteiger partial charge in [0, 0.05) is 12.1 Å². The molecule has 0 saturated carbocycles. The standard InChI is InChI=1S/C17H15NO6/c19-12-6-5-9(7-13(12)20)15(21)14(17(23)24)18-8-10-3-1-2-4-11(10)16(18)22/h1-7,14-15,19-21H,8H2,(H,23,24)/t14-,15+/m0/s1. The maximum Gasteiger partial charge on any atom is 0.329 e. The number of rotatable bonds is 4. The monoisotopic (exact) mass is 329 g/mol. The van der Waals surface area contributed by atoms with E-state index in [-0.39, 0.29) is 17.9 Å². The summed E-state index contributed by atoms with van der Waals surface area (Å²) >= 11 is 0. The van der Waals surface area contributed by atoms with Crippen LogP contribution in [0.3, 0.4) is 0 Å². The van der Waals surface area contributed by atoms with Crippen molar-refractivity contribution in [3.63, 3.8) is 0 Å². The van der Waals surface area contributed by atoms with Crippen LogP contribution in [0.1, 0.15) is 27.6 Å². The van der Waals surface area contributed by atoms with Crippen molar-refractivity contribution in [3.05, 3.63) is 59.2 Å². The van der Waals surface area contributed by atoms with E-state index in [9.17, 15) is 30.0 Å². The lowest BCUT2D eigenvalue weighted by Crippen LogP contribution is -2.45.